The fourth-order valence-electron chi connectivity index (χ4n) is 0.982. The first-order valence-corrected chi connectivity index (χ1v) is 4.39. The zero-order chi connectivity index (χ0) is 11.5. The molecular weight excluding hydrogens is 188 g/mol. The van der Waals surface area contributed by atoms with E-state index in [0.717, 1.165) is 0 Å². The first kappa shape index (κ1) is 13.5. The second kappa shape index (κ2) is 4.84. The van der Waals surface area contributed by atoms with Crippen LogP contribution in [-0.2, 0) is 4.79 Å². The normalized spacial score (nSPS) is 21.1. The maximum atomic E-state index is 10.1. The topological polar surface area (TPSA) is 98.0 Å². The van der Waals surface area contributed by atoms with Gasteiger partial charge in [-0.05, 0) is 5.41 Å². The third-order valence-corrected chi connectivity index (χ3v) is 2.05. The molecule has 4 atom stereocenters. The van der Waals surface area contributed by atoms with Crippen LogP contribution >= 0.6 is 0 Å². The molecule has 84 valence electrons. The summed E-state index contributed by atoms with van der Waals surface area (Å²) in [5.41, 5.74) is -0.636. The third kappa shape index (κ3) is 3.34. The van der Waals surface area contributed by atoms with Gasteiger partial charge in [0, 0.05) is 0 Å². The van der Waals surface area contributed by atoms with E-state index in [0.29, 0.717) is 0 Å². The van der Waals surface area contributed by atoms with Gasteiger partial charge in [0.05, 0.1) is 6.10 Å². The van der Waals surface area contributed by atoms with Gasteiger partial charge in [0.2, 0.25) is 0 Å². The molecule has 5 heteroatoms. The van der Waals surface area contributed by atoms with Gasteiger partial charge in [-0.25, -0.2) is 0 Å². The number of carbonyl (C=O) groups is 1. The molecule has 0 amide bonds. The number of aliphatic hydroxyl groups excluding tert-OH is 4. The van der Waals surface area contributed by atoms with Gasteiger partial charge in [-0.2, -0.15) is 0 Å². The third-order valence-electron chi connectivity index (χ3n) is 2.05. The molecule has 0 aromatic rings. The van der Waals surface area contributed by atoms with Crippen molar-refractivity contribution in [1.29, 1.82) is 0 Å². The number of carbonyl (C=O) groups excluding carboxylic acids is 1. The van der Waals surface area contributed by atoms with Crippen LogP contribution in [0.4, 0.5) is 0 Å². The average molecular weight is 206 g/mol. The Morgan fingerprint density at radius 3 is 1.71 bits per heavy atom. The summed E-state index contributed by atoms with van der Waals surface area (Å²) in [4.78, 5) is 10.1. The van der Waals surface area contributed by atoms with Crippen molar-refractivity contribution >= 4 is 6.29 Å². The van der Waals surface area contributed by atoms with Crippen molar-refractivity contribution < 1.29 is 25.2 Å². The Balaban J connectivity index is 4.46. The van der Waals surface area contributed by atoms with E-state index in [1.165, 1.54) is 0 Å². The molecule has 0 aliphatic rings. The monoisotopic (exact) mass is 206 g/mol. The van der Waals surface area contributed by atoms with Crippen LogP contribution in [0, 0.1) is 5.41 Å². The molecule has 0 aromatic heterocycles. The van der Waals surface area contributed by atoms with Gasteiger partial charge in [0.15, 0.2) is 6.29 Å². The minimum absolute atomic E-state index is 0.114. The second-order valence-corrected chi connectivity index (χ2v) is 4.42. The highest BCUT2D eigenvalue weighted by Crippen LogP contribution is 2.23. The molecule has 0 fully saturated rings. The Morgan fingerprint density at radius 1 is 1.00 bits per heavy atom. The van der Waals surface area contributed by atoms with E-state index in [1.807, 2.05) is 0 Å². The van der Waals surface area contributed by atoms with E-state index in [2.05, 4.69) is 0 Å². The van der Waals surface area contributed by atoms with Gasteiger partial charge >= 0.3 is 0 Å². The van der Waals surface area contributed by atoms with Crippen LogP contribution in [0.15, 0.2) is 0 Å². The molecule has 0 saturated carbocycles. The average Bonchev–Trinajstić information content (AvgIpc) is 2.11. The molecule has 0 heterocycles. The molecule has 5 nitrogen and oxygen atoms in total. The number of aliphatic hydroxyl groups is 4. The number of hydrogen-bond donors (Lipinski definition) is 4. The predicted molar refractivity (Wildman–Crippen MR) is 49.5 cm³/mol. The van der Waals surface area contributed by atoms with E-state index in [-0.39, 0.29) is 6.29 Å². The van der Waals surface area contributed by atoms with Crippen molar-refractivity contribution in [3.05, 3.63) is 0 Å². The summed E-state index contributed by atoms with van der Waals surface area (Å²) in [5.74, 6) is 0. The van der Waals surface area contributed by atoms with E-state index in [9.17, 15) is 20.1 Å². The number of hydrogen-bond acceptors (Lipinski definition) is 5. The summed E-state index contributed by atoms with van der Waals surface area (Å²) in [6.07, 6.45) is -5.99. The highest BCUT2D eigenvalue weighted by Gasteiger charge is 2.36. The van der Waals surface area contributed by atoms with Gasteiger partial charge in [-0.3, -0.25) is 0 Å². The van der Waals surface area contributed by atoms with Gasteiger partial charge in [0.25, 0.3) is 0 Å². The predicted octanol–water partition coefficient (Wildman–Crippen LogP) is -1.33. The lowest BCUT2D eigenvalue weighted by Gasteiger charge is -2.32. The van der Waals surface area contributed by atoms with Crippen LogP contribution in [0.25, 0.3) is 0 Å². The summed E-state index contributed by atoms with van der Waals surface area (Å²) in [6, 6.07) is 0. The summed E-state index contributed by atoms with van der Waals surface area (Å²) < 4.78 is 0. The first-order valence-electron chi connectivity index (χ1n) is 4.39. The summed E-state index contributed by atoms with van der Waals surface area (Å²) in [5, 5.41) is 37.1. The van der Waals surface area contributed by atoms with Gasteiger partial charge in [0.1, 0.15) is 18.3 Å². The van der Waals surface area contributed by atoms with Crippen molar-refractivity contribution in [2.24, 2.45) is 5.41 Å². The molecule has 0 radical (unpaired) electrons. The van der Waals surface area contributed by atoms with Crippen molar-refractivity contribution in [2.75, 3.05) is 0 Å². The zero-order valence-electron chi connectivity index (χ0n) is 8.58. The number of aldehydes is 1. The van der Waals surface area contributed by atoms with Crippen LogP contribution in [0.2, 0.25) is 0 Å². The standard InChI is InChI=1S/C9H18O5/c1-9(2,3)8(14)7(13)6(12)5(11)4-10/h4-8,11-14H,1-3H3/t5-,6-,7+,8+/m0/s1. The van der Waals surface area contributed by atoms with Crippen LogP contribution in [-0.4, -0.2) is 51.1 Å². The van der Waals surface area contributed by atoms with E-state index >= 15 is 0 Å². The Labute approximate surface area is 83.0 Å². The van der Waals surface area contributed by atoms with Crippen LogP contribution < -0.4 is 0 Å². The SMILES string of the molecule is CC(C)(C)[C@H](O)[C@H](O)[C@@H](O)[C@@H](O)C=O. The minimum Gasteiger partial charge on any atom is -0.390 e. The maximum Gasteiger partial charge on any atom is 0.151 e. The van der Waals surface area contributed by atoms with Crippen molar-refractivity contribution in [3.8, 4) is 0 Å². The van der Waals surface area contributed by atoms with Gasteiger partial charge in [-0.15, -0.1) is 0 Å². The van der Waals surface area contributed by atoms with Gasteiger partial charge in [-0.1, -0.05) is 20.8 Å². The minimum atomic E-state index is -1.68. The van der Waals surface area contributed by atoms with Crippen LogP contribution in [0.5, 0.6) is 0 Å². The van der Waals surface area contributed by atoms with Crippen molar-refractivity contribution in [3.63, 3.8) is 0 Å². The molecule has 0 aromatic carbocycles. The lowest BCUT2D eigenvalue weighted by molar-refractivity contribution is -0.143. The molecule has 0 aliphatic carbocycles. The molecule has 0 saturated heterocycles. The van der Waals surface area contributed by atoms with E-state index in [4.69, 9.17) is 5.11 Å². The molecule has 4 N–H and O–H groups in total. The van der Waals surface area contributed by atoms with Crippen LogP contribution in [0.3, 0.4) is 0 Å². The van der Waals surface area contributed by atoms with Gasteiger partial charge < -0.3 is 25.2 Å². The Kier molecular flexibility index (Phi) is 4.67. The quantitative estimate of drug-likeness (QED) is 0.427. The molecule has 14 heavy (non-hydrogen) atoms. The summed E-state index contributed by atoms with van der Waals surface area (Å²) in [7, 11) is 0. The largest absolute Gasteiger partial charge is 0.390 e. The molecule has 0 spiro atoms. The molecule has 0 aliphatic heterocycles. The van der Waals surface area contributed by atoms with Crippen molar-refractivity contribution in [1.82, 2.24) is 0 Å². The number of rotatable bonds is 4. The first-order chi connectivity index (χ1) is 6.21. The Hall–Kier alpha value is -0.490. The molecule has 0 rings (SSSR count). The highest BCUT2D eigenvalue weighted by molar-refractivity contribution is 5.56. The lowest BCUT2D eigenvalue weighted by Crippen LogP contribution is -2.49. The van der Waals surface area contributed by atoms with Crippen LogP contribution in [0.1, 0.15) is 20.8 Å². The van der Waals surface area contributed by atoms with E-state index < -0.39 is 29.8 Å². The lowest BCUT2D eigenvalue weighted by atomic mass is 9.83. The molecule has 0 unspecified atom stereocenters. The Morgan fingerprint density at radius 2 is 1.43 bits per heavy atom. The Bertz CT molecular complexity index is 186. The fourth-order valence-corrected chi connectivity index (χ4v) is 0.982. The fraction of sp³-hybridized carbons (Fsp3) is 0.889. The second-order valence-electron chi connectivity index (χ2n) is 4.42. The molecule has 0 bridgehead atoms. The maximum absolute atomic E-state index is 10.1. The zero-order valence-corrected chi connectivity index (χ0v) is 8.58. The van der Waals surface area contributed by atoms with Crippen molar-refractivity contribution in [2.45, 2.75) is 45.2 Å². The summed E-state index contributed by atoms with van der Waals surface area (Å²) in [6.45, 7) is 5.00. The molecular formula is C9H18O5. The highest BCUT2D eigenvalue weighted by atomic mass is 16.4. The summed E-state index contributed by atoms with van der Waals surface area (Å²) >= 11 is 0. The smallest absolute Gasteiger partial charge is 0.151 e. The van der Waals surface area contributed by atoms with E-state index in [1.54, 1.807) is 20.8 Å².